The zero-order valence-electron chi connectivity index (χ0n) is 15.0. The molecule has 4 rings (SSSR count). The molecule has 1 unspecified atom stereocenters. The summed E-state index contributed by atoms with van der Waals surface area (Å²) in [6.45, 7) is 1.32. The Morgan fingerprint density at radius 3 is 2.96 bits per heavy atom. The van der Waals surface area contributed by atoms with Crippen molar-refractivity contribution in [1.29, 1.82) is 0 Å². The van der Waals surface area contributed by atoms with E-state index in [1.807, 2.05) is 12.1 Å². The third kappa shape index (κ3) is 3.64. The molecule has 3 aromatic heterocycles. The number of aromatic nitrogens is 5. The molecule has 27 heavy (non-hydrogen) atoms. The van der Waals surface area contributed by atoms with Crippen molar-refractivity contribution in [1.82, 2.24) is 24.7 Å². The van der Waals surface area contributed by atoms with Gasteiger partial charge in [0.15, 0.2) is 0 Å². The standard InChI is InChI=1S/C19H20N6O2/c1-27-17-8-10-21-19(22-17)24-11-3-5-15(24)13-25-18(26)7-6-16(23-25)14-4-2-9-20-12-14/h2,4,6-10,12,15H,3,5,11,13H2,1H3. The average Bonchev–Trinajstić information content (AvgIpc) is 3.18. The molecule has 4 heterocycles. The molecule has 0 spiro atoms. The van der Waals surface area contributed by atoms with E-state index < -0.39 is 0 Å². The fourth-order valence-corrected chi connectivity index (χ4v) is 3.32. The molecule has 1 aliphatic heterocycles. The van der Waals surface area contributed by atoms with Crippen LogP contribution in [0, 0.1) is 0 Å². The molecular formula is C19H20N6O2. The fraction of sp³-hybridized carbons (Fsp3) is 0.316. The molecule has 1 atom stereocenters. The lowest BCUT2D eigenvalue weighted by molar-refractivity contribution is 0.396. The predicted octanol–water partition coefficient (Wildman–Crippen LogP) is 1.77. The Labute approximate surface area is 156 Å². The van der Waals surface area contributed by atoms with Crippen LogP contribution in [0.15, 0.2) is 53.7 Å². The normalized spacial score (nSPS) is 16.5. The van der Waals surface area contributed by atoms with Crippen molar-refractivity contribution in [3.8, 4) is 17.1 Å². The second kappa shape index (κ2) is 7.53. The first kappa shape index (κ1) is 17.1. The molecule has 8 nitrogen and oxygen atoms in total. The lowest BCUT2D eigenvalue weighted by Crippen LogP contribution is -2.38. The van der Waals surface area contributed by atoms with Gasteiger partial charge in [0.1, 0.15) is 0 Å². The maximum absolute atomic E-state index is 12.3. The van der Waals surface area contributed by atoms with Crippen molar-refractivity contribution >= 4 is 5.95 Å². The van der Waals surface area contributed by atoms with Crippen LogP contribution in [0.5, 0.6) is 5.88 Å². The maximum atomic E-state index is 12.3. The molecule has 0 bridgehead atoms. The van der Waals surface area contributed by atoms with Crippen molar-refractivity contribution in [2.24, 2.45) is 0 Å². The van der Waals surface area contributed by atoms with Gasteiger partial charge in [-0.3, -0.25) is 9.78 Å². The van der Waals surface area contributed by atoms with E-state index in [-0.39, 0.29) is 11.6 Å². The predicted molar refractivity (Wildman–Crippen MR) is 101 cm³/mol. The Hall–Kier alpha value is -3.29. The molecule has 0 aromatic carbocycles. The first-order valence-corrected chi connectivity index (χ1v) is 8.87. The fourth-order valence-electron chi connectivity index (χ4n) is 3.32. The maximum Gasteiger partial charge on any atom is 0.266 e. The summed E-state index contributed by atoms with van der Waals surface area (Å²) < 4.78 is 6.72. The van der Waals surface area contributed by atoms with Crippen molar-refractivity contribution < 1.29 is 4.74 Å². The van der Waals surface area contributed by atoms with Gasteiger partial charge in [-0.15, -0.1) is 0 Å². The molecule has 1 fully saturated rings. The van der Waals surface area contributed by atoms with Crippen molar-refractivity contribution in [3.63, 3.8) is 0 Å². The van der Waals surface area contributed by atoms with Crippen LogP contribution >= 0.6 is 0 Å². The second-order valence-electron chi connectivity index (χ2n) is 6.37. The Balaban J connectivity index is 1.60. The Kier molecular flexibility index (Phi) is 4.78. The van der Waals surface area contributed by atoms with Gasteiger partial charge in [0.25, 0.3) is 5.56 Å². The number of ether oxygens (including phenoxy) is 1. The van der Waals surface area contributed by atoms with E-state index >= 15 is 0 Å². The zero-order chi connectivity index (χ0) is 18.6. The molecule has 1 saturated heterocycles. The summed E-state index contributed by atoms with van der Waals surface area (Å²) in [5.74, 6) is 1.15. The summed E-state index contributed by atoms with van der Waals surface area (Å²) in [6.07, 6.45) is 7.10. The van der Waals surface area contributed by atoms with Gasteiger partial charge in [-0.05, 0) is 31.0 Å². The largest absolute Gasteiger partial charge is 0.481 e. The van der Waals surface area contributed by atoms with Crippen LogP contribution in [0.2, 0.25) is 0 Å². The molecule has 0 saturated carbocycles. The van der Waals surface area contributed by atoms with E-state index in [0.717, 1.165) is 30.6 Å². The van der Waals surface area contributed by atoms with Crippen LogP contribution in [-0.2, 0) is 6.54 Å². The topological polar surface area (TPSA) is 86.0 Å². The first-order valence-electron chi connectivity index (χ1n) is 8.87. The SMILES string of the molecule is COc1ccnc(N2CCCC2Cn2nc(-c3cccnc3)ccc2=O)n1. The average molecular weight is 364 g/mol. The number of anilines is 1. The van der Waals surface area contributed by atoms with Gasteiger partial charge in [0.2, 0.25) is 11.8 Å². The number of rotatable bonds is 5. The van der Waals surface area contributed by atoms with Gasteiger partial charge in [-0.2, -0.15) is 10.1 Å². The Bertz CT molecular complexity index is 975. The number of hydrogen-bond acceptors (Lipinski definition) is 7. The molecule has 3 aromatic rings. The molecule has 1 aliphatic rings. The molecule has 0 amide bonds. The van der Waals surface area contributed by atoms with Crippen LogP contribution in [0.1, 0.15) is 12.8 Å². The second-order valence-corrected chi connectivity index (χ2v) is 6.37. The summed E-state index contributed by atoms with van der Waals surface area (Å²) >= 11 is 0. The smallest absolute Gasteiger partial charge is 0.266 e. The van der Waals surface area contributed by atoms with Gasteiger partial charge < -0.3 is 9.64 Å². The summed E-state index contributed by atoms with van der Waals surface area (Å²) in [5.41, 5.74) is 1.48. The summed E-state index contributed by atoms with van der Waals surface area (Å²) in [6, 6.07) is 8.88. The van der Waals surface area contributed by atoms with Gasteiger partial charge in [-0.25, -0.2) is 9.67 Å². The lowest BCUT2D eigenvalue weighted by Gasteiger charge is -2.25. The van der Waals surface area contributed by atoms with Gasteiger partial charge >= 0.3 is 0 Å². The molecule has 8 heteroatoms. The highest BCUT2D eigenvalue weighted by Crippen LogP contribution is 2.24. The number of hydrogen-bond donors (Lipinski definition) is 0. The number of nitrogens with zero attached hydrogens (tertiary/aromatic N) is 6. The minimum atomic E-state index is -0.124. The van der Waals surface area contributed by atoms with E-state index in [0.29, 0.717) is 18.4 Å². The molecule has 138 valence electrons. The number of methoxy groups -OCH3 is 1. The Morgan fingerprint density at radius 2 is 2.15 bits per heavy atom. The van der Waals surface area contributed by atoms with E-state index in [4.69, 9.17) is 4.74 Å². The van der Waals surface area contributed by atoms with Crippen LogP contribution < -0.4 is 15.2 Å². The van der Waals surface area contributed by atoms with Gasteiger partial charge in [-0.1, -0.05) is 0 Å². The first-order chi connectivity index (χ1) is 13.2. The zero-order valence-corrected chi connectivity index (χ0v) is 15.0. The van der Waals surface area contributed by atoms with E-state index in [1.54, 1.807) is 43.9 Å². The highest BCUT2D eigenvalue weighted by molar-refractivity contribution is 5.56. The van der Waals surface area contributed by atoms with E-state index in [2.05, 4.69) is 25.0 Å². The highest BCUT2D eigenvalue weighted by atomic mass is 16.5. The minimum absolute atomic E-state index is 0.103. The highest BCUT2D eigenvalue weighted by Gasteiger charge is 2.28. The summed E-state index contributed by atoms with van der Waals surface area (Å²) in [7, 11) is 1.58. The molecule has 0 radical (unpaired) electrons. The monoisotopic (exact) mass is 364 g/mol. The third-order valence-electron chi connectivity index (χ3n) is 4.67. The van der Waals surface area contributed by atoms with Crippen LogP contribution in [0.25, 0.3) is 11.3 Å². The van der Waals surface area contributed by atoms with Crippen LogP contribution in [0.4, 0.5) is 5.95 Å². The third-order valence-corrected chi connectivity index (χ3v) is 4.67. The van der Waals surface area contributed by atoms with Gasteiger partial charge in [0, 0.05) is 42.8 Å². The molecular weight excluding hydrogens is 344 g/mol. The quantitative estimate of drug-likeness (QED) is 0.682. The summed E-state index contributed by atoms with van der Waals surface area (Å²) in [5, 5.41) is 4.54. The minimum Gasteiger partial charge on any atom is -0.481 e. The number of pyridine rings is 1. The summed E-state index contributed by atoms with van der Waals surface area (Å²) in [4.78, 5) is 27.4. The van der Waals surface area contributed by atoms with Crippen molar-refractivity contribution in [2.75, 3.05) is 18.6 Å². The van der Waals surface area contributed by atoms with Crippen molar-refractivity contribution in [2.45, 2.75) is 25.4 Å². The van der Waals surface area contributed by atoms with E-state index in [1.165, 1.54) is 4.68 Å². The molecule has 0 aliphatic carbocycles. The molecule has 0 N–H and O–H groups in total. The lowest BCUT2D eigenvalue weighted by atomic mass is 10.2. The Morgan fingerprint density at radius 1 is 1.22 bits per heavy atom. The van der Waals surface area contributed by atoms with E-state index in [9.17, 15) is 4.79 Å². The van der Waals surface area contributed by atoms with Crippen molar-refractivity contribution in [3.05, 3.63) is 59.3 Å². The van der Waals surface area contributed by atoms with Crippen LogP contribution in [-0.4, -0.2) is 44.4 Å². The van der Waals surface area contributed by atoms with Crippen LogP contribution in [0.3, 0.4) is 0 Å². The van der Waals surface area contributed by atoms with Gasteiger partial charge in [0.05, 0.1) is 25.4 Å².